The van der Waals surface area contributed by atoms with Crippen LogP contribution in [0.5, 0.6) is 17.2 Å². The number of benzene rings is 1. The number of piperidine rings is 1. The van der Waals surface area contributed by atoms with Gasteiger partial charge in [0.1, 0.15) is 12.4 Å². The topological polar surface area (TPSA) is 60.0 Å². The Hall–Kier alpha value is -2.11. The highest BCUT2D eigenvalue weighted by Crippen LogP contribution is 2.34. The summed E-state index contributed by atoms with van der Waals surface area (Å²) in [7, 11) is 0. The number of carbonyl (C=O) groups is 1. The Morgan fingerprint density at radius 3 is 3.09 bits per heavy atom. The number of fused-ring (bicyclic) bond motifs is 1. The molecule has 1 aromatic carbocycles. The molecule has 0 radical (unpaired) electrons. The molecule has 0 bridgehead atoms. The quantitative estimate of drug-likeness (QED) is 0.848. The molecule has 0 spiro atoms. The van der Waals surface area contributed by atoms with Gasteiger partial charge in [0.2, 0.25) is 6.79 Å². The average Bonchev–Trinajstić information content (AvgIpc) is 3.06. The summed E-state index contributed by atoms with van der Waals surface area (Å²) in [5.41, 5.74) is 0. The SMILES string of the molecule is CC[C@H]1CCCCN1C(=O)NCCOc1ccc2c(c1)OCO2. The van der Waals surface area contributed by atoms with Crippen LogP contribution in [0.4, 0.5) is 4.79 Å². The molecule has 1 fully saturated rings. The van der Waals surface area contributed by atoms with Gasteiger partial charge in [-0.15, -0.1) is 0 Å². The summed E-state index contributed by atoms with van der Waals surface area (Å²) in [6.45, 7) is 4.16. The van der Waals surface area contributed by atoms with E-state index in [9.17, 15) is 4.79 Å². The zero-order valence-corrected chi connectivity index (χ0v) is 13.5. The van der Waals surface area contributed by atoms with E-state index in [4.69, 9.17) is 14.2 Å². The van der Waals surface area contributed by atoms with Crippen molar-refractivity contribution in [3.05, 3.63) is 18.2 Å². The van der Waals surface area contributed by atoms with Gasteiger partial charge in [0.15, 0.2) is 11.5 Å². The fourth-order valence-electron chi connectivity index (χ4n) is 3.09. The second kappa shape index (κ2) is 7.44. The van der Waals surface area contributed by atoms with Crippen molar-refractivity contribution in [2.75, 3.05) is 26.5 Å². The van der Waals surface area contributed by atoms with Gasteiger partial charge < -0.3 is 24.4 Å². The van der Waals surface area contributed by atoms with Crippen LogP contribution in [0.15, 0.2) is 18.2 Å². The molecule has 3 rings (SSSR count). The first-order valence-electron chi connectivity index (χ1n) is 8.35. The number of hydrogen-bond acceptors (Lipinski definition) is 4. The first-order valence-corrected chi connectivity index (χ1v) is 8.35. The van der Waals surface area contributed by atoms with Crippen LogP contribution in [-0.4, -0.2) is 43.5 Å². The summed E-state index contributed by atoms with van der Waals surface area (Å²) < 4.78 is 16.2. The third-order valence-corrected chi connectivity index (χ3v) is 4.35. The molecule has 1 aromatic rings. The zero-order valence-electron chi connectivity index (χ0n) is 13.5. The van der Waals surface area contributed by atoms with Crippen molar-refractivity contribution in [2.24, 2.45) is 0 Å². The molecule has 2 aliphatic heterocycles. The summed E-state index contributed by atoms with van der Waals surface area (Å²) in [5.74, 6) is 2.15. The number of carbonyl (C=O) groups excluding carboxylic acids is 1. The molecule has 6 heteroatoms. The van der Waals surface area contributed by atoms with E-state index >= 15 is 0 Å². The number of rotatable bonds is 5. The van der Waals surface area contributed by atoms with Crippen molar-refractivity contribution >= 4 is 6.03 Å². The van der Waals surface area contributed by atoms with E-state index in [2.05, 4.69) is 12.2 Å². The third-order valence-electron chi connectivity index (χ3n) is 4.35. The second-order valence-corrected chi connectivity index (χ2v) is 5.85. The van der Waals surface area contributed by atoms with Crippen molar-refractivity contribution in [2.45, 2.75) is 38.6 Å². The van der Waals surface area contributed by atoms with Crippen LogP contribution in [-0.2, 0) is 0 Å². The summed E-state index contributed by atoms with van der Waals surface area (Å²) in [4.78, 5) is 14.2. The molecule has 2 amide bonds. The highest BCUT2D eigenvalue weighted by atomic mass is 16.7. The standard InChI is InChI=1S/C17H24N2O4/c1-2-13-5-3-4-9-19(13)17(20)18-8-10-21-14-6-7-15-16(11-14)23-12-22-15/h6-7,11,13H,2-5,8-10,12H2,1H3,(H,18,20)/t13-/m0/s1. The van der Waals surface area contributed by atoms with Crippen LogP contribution >= 0.6 is 0 Å². The fraction of sp³-hybridized carbons (Fsp3) is 0.588. The highest BCUT2D eigenvalue weighted by Gasteiger charge is 2.24. The Bertz CT molecular complexity index is 549. The average molecular weight is 320 g/mol. The molecule has 1 saturated heterocycles. The normalized spacial score (nSPS) is 19.5. The van der Waals surface area contributed by atoms with E-state index in [-0.39, 0.29) is 12.8 Å². The van der Waals surface area contributed by atoms with Crippen molar-refractivity contribution in [3.8, 4) is 17.2 Å². The number of urea groups is 1. The maximum absolute atomic E-state index is 12.3. The van der Waals surface area contributed by atoms with E-state index < -0.39 is 0 Å². The molecule has 0 aliphatic carbocycles. The van der Waals surface area contributed by atoms with Gasteiger partial charge in [0.25, 0.3) is 0 Å². The molecule has 0 aromatic heterocycles. The molecule has 2 heterocycles. The second-order valence-electron chi connectivity index (χ2n) is 5.85. The van der Waals surface area contributed by atoms with Gasteiger partial charge in [-0.2, -0.15) is 0 Å². The van der Waals surface area contributed by atoms with E-state index in [0.29, 0.717) is 30.7 Å². The van der Waals surface area contributed by atoms with Crippen LogP contribution in [0.1, 0.15) is 32.6 Å². The predicted octanol–water partition coefficient (Wildman–Crippen LogP) is 2.77. The molecule has 0 saturated carbocycles. The van der Waals surface area contributed by atoms with Gasteiger partial charge in [-0.05, 0) is 37.8 Å². The number of hydrogen-bond donors (Lipinski definition) is 1. The fourth-order valence-corrected chi connectivity index (χ4v) is 3.09. The summed E-state index contributed by atoms with van der Waals surface area (Å²) in [6.07, 6.45) is 4.44. The molecule has 126 valence electrons. The van der Waals surface area contributed by atoms with Crippen molar-refractivity contribution in [1.82, 2.24) is 10.2 Å². The van der Waals surface area contributed by atoms with Crippen molar-refractivity contribution in [1.29, 1.82) is 0 Å². The van der Waals surface area contributed by atoms with Crippen LogP contribution in [0, 0.1) is 0 Å². The molecule has 6 nitrogen and oxygen atoms in total. The van der Waals surface area contributed by atoms with Crippen LogP contribution in [0.2, 0.25) is 0 Å². The Morgan fingerprint density at radius 1 is 1.35 bits per heavy atom. The lowest BCUT2D eigenvalue weighted by atomic mass is 10.0. The molecule has 0 unspecified atom stereocenters. The minimum Gasteiger partial charge on any atom is -0.492 e. The van der Waals surface area contributed by atoms with Gasteiger partial charge in [0.05, 0.1) is 6.54 Å². The Labute approximate surface area is 136 Å². The van der Waals surface area contributed by atoms with Gasteiger partial charge in [-0.25, -0.2) is 4.79 Å². The maximum Gasteiger partial charge on any atom is 0.317 e. The number of likely N-dealkylation sites (tertiary alicyclic amines) is 1. The number of nitrogens with one attached hydrogen (secondary N) is 1. The molecule has 1 N–H and O–H groups in total. The van der Waals surface area contributed by atoms with E-state index in [1.165, 1.54) is 6.42 Å². The minimum absolute atomic E-state index is 0.0193. The highest BCUT2D eigenvalue weighted by molar-refractivity contribution is 5.74. The monoisotopic (exact) mass is 320 g/mol. The number of amides is 2. The summed E-state index contributed by atoms with van der Waals surface area (Å²) in [6, 6.07) is 5.87. The molecule has 2 aliphatic rings. The van der Waals surface area contributed by atoms with Crippen LogP contribution in [0.25, 0.3) is 0 Å². The zero-order chi connectivity index (χ0) is 16.1. The van der Waals surface area contributed by atoms with Crippen molar-refractivity contribution in [3.63, 3.8) is 0 Å². The smallest absolute Gasteiger partial charge is 0.317 e. The summed E-state index contributed by atoms with van der Waals surface area (Å²) >= 11 is 0. The molecular formula is C17H24N2O4. The van der Waals surface area contributed by atoms with Crippen LogP contribution < -0.4 is 19.5 Å². The molecule has 1 atom stereocenters. The largest absolute Gasteiger partial charge is 0.492 e. The molecular weight excluding hydrogens is 296 g/mol. The minimum atomic E-state index is 0.0193. The lowest BCUT2D eigenvalue weighted by Gasteiger charge is -2.35. The third kappa shape index (κ3) is 3.81. The first kappa shape index (κ1) is 15.8. The number of nitrogens with zero attached hydrogens (tertiary/aromatic N) is 1. The lowest BCUT2D eigenvalue weighted by molar-refractivity contribution is 0.147. The Morgan fingerprint density at radius 2 is 2.22 bits per heavy atom. The number of ether oxygens (including phenoxy) is 3. The van der Waals surface area contributed by atoms with Gasteiger partial charge in [-0.1, -0.05) is 6.92 Å². The van der Waals surface area contributed by atoms with E-state index in [0.717, 1.165) is 31.6 Å². The first-order chi connectivity index (χ1) is 11.3. The maximum atomic E-state index is 12.3. The van der Waals surface area contributed by atoms with E-state index in [1.54, 1.807) is 0 Å². The van der Waals surface area contributed by atoms with Gasteiger partial charge in [0, 0.05) is 18.7 Å². The Balaban J connectivity index is 1.41. The Kier molecular flexibility index (Phi) is 5.10. The van der Waals surface area contributed by atoms with Gasteiger partial charge in [-0.3, -0.25) is 0 Å². The summed E-state index contributed by atoms with van der Waals surface area (Å²) in [5, 5.41) is 2.95. The molecule has 23 heavy (non-hydrogen) atoms. The lowest BCUT2D eigenvalue weighted by Crippen LogP contribution is -2.49. The van der Waals surface area contributed by atoms with Crippen molar-refractivity contribution < 1.29 is 19.0 Å². The van der Waals surface area contributed by atoms with Gasteiger partial charge >= 0.3 is 6.03 Å². The van der Waals surface area contributed by atoms with Crippen LogP contribution in [0.3, 0.4) is 0 Å². The predicted molar refractivity (Wildman–Crippen MR) is 86.1 cm³/mol. The van der Waals surface area contributed by atoms with E-state index in [1.807, 2.05) is 23.1 Å².